The third-order valence-corrected chi connectivity index (χ3v) is 4.04. The molecule has 0 radical (unpaired) electrons. The summed E-state index contributed by atoms with van der Waals surface area (Å²) >= 11 is 7.43. The average molecular weight is 295 g/mol. The van der Waals surface area contributed by atoms with Crippen LogP contribution in [0.3, 0.4) is 0 Å². The van der Waals surface area contributed by atoms with Gasteiger partial charge in [-0.05, 0) is 25.0 Å². The minimum Gasteiger partial charge on any atom is -0.302 e. The van der Waals surface area contributed by atoms with Gasteiger partial charge in [0.1, 0.15) is 5.52 Å². The first-order chi connectivity index (χ1) is 9.13. The Balaban J connectivity index is 1.72. The third-order valence-electron chi connectivity index (χ3n) is 2.80. The monoisotopic (exact) mass is 294 g/mol. The molecule has 0 atom stereocenters. The highest BCUT2D eigenvalue weighted by molar-refractivity contribution is 7.22. The van der Waals surface area contributed by atoms with Crippen LogP contribution in [0.25, 0.3) is 10.2 Å². The number of benzene rings is 1. The third kappa shape index (κ3) is 2.69. The molecule has 1 fully saturated rings. The fraction of sp³-hybridized carbons (Fsp3) is 0.250. The van der Waals surface area contributed by atoms with Crippen LogP contribution in [0.15, 0.2) is 18.2 Å². The van der Waals surface area contributed by atoms with Gasteiger partial charge in [-0.15, -0.1) is 0 Å². The fourth-order valence-electron chi connectivity index (χ4n) is 1.68. The summed E-state index contributed by atoms with van der Waals surface area (Å²) < 4.78 is 0.941. The van der Waals surface area contributed by atoms with E-state index >= 15 is 0 Å². The minimum atomic E-state index is -0.100. The van der Waals surface area contributed by atoms with Gasteiger partial charge < -0.3 is 5.32 Å². The van der Waals surface area contributed by atoms with Gasteiger partial charge >= 0.3 is 0 Å². The molecule has 1 amide bonds. The van der Waals surface area contributed by atoms with Crippen LogP contribution in [0.2, 0.25) is 5.02 Å². The van der Waals surface area contributed by atoms with Crippen molar-refractivity contribution in [1.29, 1.82) is 5.41 Å². The van der Waals surface area contributed by atoms with Gasteiger partial charge in [0.15, 0.2) is 5.13 Å². The van der Waals surface area contributed by atoms with Gasteiger partial charge in [-0.3, -0.25) is 15.5 Å². The molecule has 1 aromatic heterocycles. The molecule has 0 aliphatic heterocycles. The summed E-state index contributed by atoms with van der Waals surface area (Å²) in [6.45, 7) is 0. The van der Waals surface area contributed by atoms with E-state index in [2.05, 4.69) is 15.6 Å². The van der Waals surface area contributed by atoms with Crippen molar-refractivity contribution in [2.45, 2.75) is 12.8 Å². The van der Waals surface area contributed by atoms with Crippen LogP contribution < -0.4 is 10.6 Å². The first kappa shape index (κ1) is 12.4. The Kier molecular flexibility index (Phi) is 3.12. The maximum absolute atomic E-state index is 11.5. The largest absolute Gasteiger partial charge is 0.302 e. The van der Waals surface area contributed by atoms with E-state index in [1.165, 1.54) is 11.3 Å². The highest BCUT2D eigenvalue weighted by Gasteiger charge is 2.30. The lowest BCUT2D eigenvalue weighted by atomic mass is 10.3. The SMILES string of the molecule is N=C(NC(=O)C1CC1)Nc1nc2c(Cl)cccc2s1. The summed E-state index contributed by atoms with van der Waals surface area (Å²) in [4.78, 5) is 15.8. The standard InChI is InChI=1S/C12H11ClN4OS/c13-7-2-1-3-8-9(7)15-12(19-8)17-11(14)16-10(18)6-4-5-6/h1-3,6H,4-5H2,(H3,14,15,16,17,18). The number of carbonyl (C=O) groups is 1. The van der Waals surface area contributed by atoms with Crippen molar-refractivity contribution in [3.63, 3.8) is 0 Å². The Bertz CT molecular complexity index is 665. The lowest BCUT2D eigenvalue weighted by Gasteiger charge is -2.05. The molecule has 98 valence electrons. The molecule has 1 aliphatic carbocycles. The predicted octanol–water partition coefficient (Wildman–Crippen LogP) is 2.82. The number of aromatic nitrogens is 1. The topological polar surface area (TPSA) is 77.9 Å². The number of anilines is 1. The van der Waals surface area contributed by atoms with E-state index in [4.69, 9.17) is 17.0 Å². The molecule has 0 spiro atoms. The number of hydrogen-bond donors (Lipinski definition) is 3. The Labute approximate surface area is 118 Å². The lowest BCUT2D eigenvalue weighted by Crippen LogP contribution is -2.35. The van der Waals surface area contributed by atoms with Crippen molar-refractivity contribution in [2.24, 2.45) is 5.92 Å². The molecule has 0 saturated heterocycles. The Morgan fingerprint density at radius 1 is 1.47 bits per heavy atom. The molecular weight excluding hydrogens is 284 g/mol. The summed E-state index contributed by atoms with van der Waals surface area (Å²) in [7, 11) is 0. The van der Waals surface area contributed by atoms with E-state index in [0.29, 0.717) is 15.7 Å². The predicted molar refractivity (Wildman–Crippen MR) is 76.8 cm³/mol. The molecule has 5 nitrogen and oxygen atoms in total. The van der Waals surface area contributed by atoms with Crippen molar-refractivity contribution in [3.8, 4) is 0 Å². The van der Waals surface area contributed by atoms with E-state index in [-0.39, 0.29) is 17.8 Å². The molecule has 7 heteroatoms. The first-order valence-corrected chi connectivity index (χ1v) is 7.04. The maximum Gasteiger partial charge on any atom is 0.229 e. The molecule has 1 aliphatic rings. The number of amides is 1. The van der Waals surface area contributed by atoms with Crippen LogP contribution in [0.4, 0.5) is 5.13 Å². The van der Waals surface area contributed by atoms with Crippen molar-refractivity contribution in [1.82, 2.24) is 10.3 Å². The number of carbonyl (C=O) groups excluding carboxylic acids is 1. The molecule has 1 aromatic carbocycles. The Morgan fingerprint density at radius 3 is 2.95 bits per heavy atom. The fourth-order valence-corrected chi connectivity index (χ4v) is 2.85. The second-order valence-electron chi connectivity index (χ2n) is 4.37. The van der Waals surface area contributed by atoms with Crippen molar-refractivity contribution < 1.29 is 4.79 Å². The number of thiazole rings is 1. The summed E-state index contributed by atoms with van der Waals surface area (Å²) in [6, 6.07) is 5.54. The average Bonchev–Trinajstić information content (AvgIpc) is 3.11. The van der Waals surface area contributed by atoms with Crippen molar-refractivity contribution in [3.05, 3.63) is 23.2 Å². The van der Waals surface area contributed by atoms with Crippen molar-refractivity contribution in [2.75, 3.05) is 5.32 Å². The smallest absolute Gasteiger partial charge is 0.229 e. The molecular formula is C12H11ClN4OS. The van der Waals surface area contributed by atoms with E-state index in [1.54, 1.807) is 6.07 Å². The Morgan fingerprint density at radius 2 is 2.26 bits per heavy atom. The molecule has 0 unspecified atom stereocenters. The molecule has 19 heavy (non-hydrogen) atoms. The number of guanidine groups is 1. The van der Waals surface area contributed by atoms with Crippen LogP contribution in [0.5, 0.6) is 0 Å². The van der Waals surface area contributed by atoms with Crippen LogP contribution >= 0.6 is 22.9 Å². The van der Waals surface area contributed by atoms with Crippen LogP contribution in [0.1, 0.15) is 12.8 Å². The number of halogens is 1. The number of hydrogen-bond acceptors (Lipinski definition) is 4. The zero-order valence-electron chi connectivity index (χ0n) is 9.87. The van der Waals surface area contributed by atoms with E-state index < -0.39 is 0 Å². The number of fused-ring (bicyclic) bond motifs is 1. The second kappa shape index (κ2) is 4.79. The highest BCUT2D eigenvalue weighted by atomic mass is 35.5. The Hall–Kier alpha value is -1.66. The van der Waals surface area contributed by atoms with Crippen molar-refractivity contribution >= 4 is 50.2 Å². The normalized spacial score (nSPS) is 14.4. The number of nitrogens with one attached hydrogen (secondary N) is 3. The van der Waals surface area contributed by atoms with Gasteiger partial charge in [-0.2, -0.15) is 0 Å². The summed E-state index contributed by atoms with van der Waals surface area (Å²) in [5, 5.41) is 14.1. The molecule has 2 aromatic rings. The highest BCUT2D eigenvalue weighted by Crippen LogP contribution is 2.31. The quantitative estimate of drug-likeness (QED) is 0.589. The number of nitrogens with zero attached hydrogens (tertiary/aromatic N) is 1. The van der Waals surface area contributed by atoms with E-state index in [0.717, 1.165) is 17.5 Å². The van der Waals surface area contributed by atoms with Gasteiger partial charge in [0.2, 0.25) is 11.9 Å². The summed E-state index contributed by atoms with van der Waals surface area (Å²) in [5.41, 5.74) is 0.706. The maximum atomic E-state index is 11.5. The van der Waals surface area contributed by atoms with Gasteiger partial charge in [0, 0.05) is 5.92 Å². The van der Waals surface area contributed by atoms with Gasteiger partial charge in [0.25, 0.3) is 0 Å². The van der Waals surface area contributed by atoms with Gasteiger partial charge in [0.05, 0.1) is 9.72 Å². The number of rotatable bonds is 2. The molecule has 1 saturated carbocycles. The van der Waals surface area contributed by atoms with Gasteiger partial charge in [-0.25, -0.2) is 4.98 Å². The first-order valence-electron chi connectivity index (χ1n) is 5.85. The summed E-state index contributed by atoms with van der Waals surface area (Å²) in [6.07, 6.45) is 1.83. The van der Waals surface area contributed by atoms with Crippen LogP contribution in [-0.2, 0) is 4.79 Å². The number of para-hydroxylation sites is 1. The van der Waals surface area contributed by atoms with E-state index in [1.807, 2.05) is 12.1 Å². The molecule has 1 heterocycles. The molecule has 3 N–H and O–H groups in total. The van der Waals surface area contributed by atoms with Gasteiger partial charge in [-0.1, -0.05) is 29.0 Å². The zero-order chi connectivity index (χ0) is 13.4. The molecule has 3 rings (SSSR count). The second-order valence-corrected chi connectivity index (χ2v) is 5.81. The lowest BCUT2D eigenvalue weighted by molar-refractivity contribution is -0.120. The minimum absolute atomic E-state index is 0.0490. The van der Waals surface area contributed by atoms with Crippen LogP contribution in [-0.4, -0.2) is 16.9 Å². The summed E-state index contributed by atoms with van der Waals surface area (Å²) in [5.74, 6) is -0.0734. The van der Waals surface area contributed by atoms with E-state index in [9.17, 15) is 4.79 Å². The van der Waals surface area contributed by atoms with Crippen LogP contribution in [0, 0.1) is 11.3 Å². The molecule has 0 bridgehead atoms. The zero-order valence-corrected chi connectivity index (χ0v) is 11.4.